The third kappa shape index (κ3) is 4.72. The van der Waals surface area contributed by atoms with Crippen molar-refractivity contribution >= 4 is 17.4 Å². The quantitative estimate of drug-likeness (QED) is 0.669. The van der Waals surface area contributed by atoms with E-state index in [9.17, 15) is 4.79 Å². The molecular formula is C20H20N4O3. The largest absolute Gasteiger partial charge is 0.497 e. The molecule has 0 spiro atoms. The summed E-state index contributed by atoms with van der Waals surface area (Å²) < 4.78 is 10.5. The molecule has 0 unspecified atom stereocenters. The van der Waals surface area contributed by atoms with Crippen LogP contribution in [0.15, 0.2) is 60.9 Å². The number of nitrogens with zero attached hydrogens (tertiary/aromatic N) is 2. The Morgan fingerprint density at radius 1 is 1.00 bits per heavy atom. The number of hydrogen-bond acceptors (Lipinski definition) is 6. The number of nitrogens with one attached hydrogen (secondary N) is 2. The molecular weight excluding hydrogens is 344 g/mol. The average molecular weight is 364 g/mol. The molecule has 1 heterocycles. The summed E-state index contributed by atoms with van der Waals surface area (Å²) in [6.45, 7) is 0.512. The van der Waals surface area contributed by atoms with E-state index in [0.29, 0.717) is 23.8 Å². The van der Waals surface area contributed by atoms with Crippen molar-refractivity contribution in [3.8, 4) is 11.5 Å². The zero-order chi connectivity index (χ0) is 19.1. The van der Waals surface area contributed by atoms with Gasteiger partial charge in [0.15, 0.2) is 0 Å². The Morgan fingerprint density at radius 2 is 1.85 bits per heavy atom. The molecule has 1 amide bonds. The predicted octanol–water partition coefficient (Wildman–Crippen LogP) is 3.36. The molecule has 7 nitrogen and oxygen atoms in total. The highest BCUT2D eigenvalue weighted by Gasteiger charge is 2.10. The van der Waals surface area contributed by atoms with Crippen molar-refractivity contribution in [2.45, 2.75) is 6.54 Å². The summed E-state index contributed by atoms with van der Waals surface area (Å²) >= 11 is 0. The molecule has 138 valence electrons. The number of benzene rings is 2. The highest BCUT2D eigenvalue weighted by molar-refractivity contribution is 6.03. The van der Waals surface area contributed by atoms with Gasteiger partial charge in [-0.25, -0.2) is 9.97 Å². The van der Waals surface area contributed by atoms with Gasteiger partial charge in [0.25, 0.3) is 5.91 Å². The summed E-state index contributed by atoms with van der Waals surface area (Å²) in [6, 6.07) is 16.4. The molecule has 0 fully saturated rings. The molecule has 0 saturated heterocycles. The maximum absolute atomic E-state index is 12.5. The van der Waals surface area contributed by atoms with Crippen LogP contribution < -0.4 is 20.1 Å². The molecule has 0 aliphatic rings. The summed E-state index contributed by atoms with van der Waals surface area (Å²) in [6.07, 6.45) is 1.35. The van der Waals surface area contributed by atoms with E-state index in [1.807, 2.05) is 24.3 Å². The number of carbonyl (C=O) groups is 1. The van der Waals surface area contributed by atoms with Gasteiger partial charge in [-0.2, -0.15) is 0 Å². The van der Waals surface area contributed by atoms with E-state index in [1.165, 1.54) is 6.33 Å². The lowest BCUT2D eigenvalue weighted by molar-refractivity contribution is 0.102. The molecule has 0 atom stereocenters. The van der Waals surface area contributed by atoms with Crippen LogP contribution in [0.5, 0.6) is 11.5 Å². The van der Waals surface area contributed by atoms with Crippen LogP contribution in [0, 0.1) is 0 Å². The summed E-state index contributed by atoms with van der Waals surface area (Å²) in [5.74, 6) is 1.67. The van der Waals surface area contributed by atoms with E-state index >= 15 is 0 Å². The van der Waals surface area contributed by atoms with E-state index in [1.54, 1.807) is 44.6 Å². The van der Waals surface area contributed by atoms with E-state index in [0.717, 1.165) is 11.3 Å². The maximum atomic E-state index is 12.5. The molecule has 0 saturated carbocycles. The second-order valence-corrected chi connectivity index (χ2v) is 5.64. The van der Waals surface area contributed by atoms with E-state index in [-0.39, 0.29) is 11.6 Å². The van der Waals surface area contributed by atoms with Crippen LogP contribution in [0.3, 0.4) is 0 Å². The van der Waals surface area contributed by atoms with Crippen LogP contribution in [0.1, 0.15) is 16.1 Å². The van der Waals surface area contributed by atoms with Crippen molar-refractivity contribution in [2.24, 2.45) is 0 Å². The minimum Gasteiger partial charge on any atom is -0.497 e. The van der Waals surface area contributed by atoms with E-state index < -0.39 is 0 Å². The van der Waals surface area contributed by atoms with Gasteiger partial charge in [0.1, 0.15) is 29.3 Å². The molecule has 7 heteroatoms. The highest BCUT2D eigenvalue weighted by Crippen LogP contribution is 2.19. The first-order valence-electron chi connectivity index (χ1n) is 8.33. The molecule has 2 aromatic carbocycles. The van der Waals surface area contributed by atoms with Crippen molar-refractivity contribution in [1.29, 1.82) is 0 Å². The van der Waals surface area contributed by atoms with Gasteiger partial charge in [0, 0.05) is 29.9 Å². The van der Waals surface area contributed by atoms with Crippen LogP contribution >= 0.6 is 0 Å². The molecule has 27 heavy (non-hydrogen) atoms. The second-order valence-electron chi connectivity index (χ2n) is 5.64. The molecule has 2 N–H and O–H groups in total. The van der Waals surface area contributed by atoms with E-state index in [4.69, 9.17) is 9.47 Å². The Morgan fingerprint density at radius 3 is 2.67 bits per heavy atom. The zero-order valence-corrected chi connectivity index (χ0v) is 15.1. The fourth-order valence-corrected chi connectivity index (χ4v) is 2.51. The SMILES string of the molecule is COc1cccc(NC(=O)c2cc(NCc3ccccc3OC)ncn2)c1. The van der Waals surface area contributed by atoms with Crippen molar-refractivity contribution in [1.82, 2.24) is 9.97 Å². The maximum Gasteiger partial charge on any atom is 0.274 e. The summed E-state index contributed by atoms with van der Waals surface area (Å²) in [4.78, 5) is 20.7. The Bertz CT molecular complexity index is 930. The van der Waals surface area contributed by atoms with Crippen molar-refractivity contribution in [3.05, 3.63) is 72.2 Å². The first kappa shape index (κ1) is 18.2. The standard InChI is InChI=1S/C20H20N4O3/c1-26-16-8-5-7-15(10-16)24-20(25)17-11-19(23-13-22-17)21-12-14-6-3-4-9-18(14)27-2/h3-11,13H,12H2,1-2H3,(H,24,25)(H,21,22,23). The van der Waals surface area contributed by atoms with Crippen LogP contribution in [0.4, 0.5) is 11.5 Å². The number of aromatic nitrogens is 2. The molecule has 0 bridgehead atoms. The molecule has 0 radical (unpaired) electrons. The minimum absolute atomic E-state index is 0.260. The summed E-state index contributed by atoms with van der Waals surface area (Å²) in [5.41, 5.74) is 1.87. The van der Waals surface area contributed by atoms with E-state index in [2.05, 4.69) is 20.6 Å². The molecule has 3 rings (SSSR count). The van der Waals surface area contributed by atoms with Crippen LogP contribution in [-0.2, 0) is 6.54 Å². The number of rotatable bonds is 7. The monoisotopic (exact) mass is 364 g/mol. The van der Waals surface area contributed by atoms with Gasteiger partial charge in [0.05, 0.1) is 14.2 Å². The van der Waals surface area contributed by atoms with Crippen molar-refractivity contribution in [3.63, 3.8) is 0 Å². The third-order valence-corrected chi connectivity index (χ3v) is 3.88. The Kier molecular flexibility index (Phi) is 5.84. The fourth-order valence-electron chi connectivity index (χ4n) is 2.51. The van der Waals surface area contributed by atoms with Crippen LogP contribution in [0.2, 0.25) is 0 Å². The predicted molar refractivity (Wildman–Crippen MR) is 103 cm³/mol. The van der Waals surface area contributed by atoms with Crippen molar-refractivity contribution < 1.29 is 14.3 Å². The summed E-state index contributed by atoms with van der Waals surface area (Å²) in [7, 11) is 3.20. The van der Waals surface area contributed by atoms with Gasteiger partial charge in [-0.05, 0) is 18.2 Å². The van der Waals surface area contributed by atoms with Gasteiger partial charge in [-0.1, -0.05) is 24.3 Å². The van der Waals surface area contributed by atoms with Gasteiger partial charge in [-0.15, -0.1) is 0 Å². The lowest BCUT2D eigenvalue weighted by Gasteiger charge is -2.10. The number of ether oxygens (including phenoxy) is 2. The Balaban J connectivity index is 1.68. The third-order valence-electron chi connectivity index (χ3n) is 3.88. The molecule has 0 aliphatic carbocycles. The number of carbonyl (C=O) groups excluding carboxylic acids is 1. The number of amides is 1. The molecule has 0 aliphatic heterocycles. The average Bonchev–Trinajstić information content (AvgIpc) is 2.72. The highest BCUT2D eigenvalue weighted by atomic mass is 16.5. The smallest absolute Gasteiger partial charge is 0.274 e. The van der Waals surface area contributed by atoms with Gasteiger partial charge in [0.2, 0.25) is 0 Å². The molecule has 3 aromatic rings. The number of methoxy groups -OCH3 is 2. The zero-order valence-electron chi connectivity index (χ0n) is 15.1. The first-order valence-corrected chi connectivity index (χ1v) is 8.33. The van der Waals surface area contributed by atoms with Gasteiger partial charge >= 0.3 is 0 Å². The minimum atomic E-state index is -0.328. The van der Waals surface area contributed by atoms with Crippen LogP contribution in [-0.4, -0.2) is 30.1 Å². The lowest BCUT2D eigenvalue weighted by atomic mass is 10.2. The number of hydrogen-bond donors (Lipinski definition) is 2. The topological polar surface area (TPSA) is 85.4 Å². The normalized spacial score (nSPS) is 10.1. The van der Waals surface area contributed by atoms with Crippen LogP contribution in [0.25, 0.3) is 0 Å². The second kappa shape index (κ2) is 8.66. The van der Waals surface area contributed by atoms with Gasteiger partial charge in [-0.3, -0.25) is 4.79 Å². The lowest BCUT2D eigenvalue weighted by Crippen LogP contribution is -2.14. The number of anilines is 2. The molecule has 1 aromatic heterocycles. The Labute approximate surface area is 157 Å². The summed E-state index contributed by atoms with van der Waals surface area (Å²) in [5, 5.41) is 5.98. The fraction of sp³-hybridized carbons (Fsp3) is 0.150. The number of para-hydroxylation sites is 1. The van der Waals surface area contributed by atoms with Crippen molar-refractivity contribution in [2.75, 3.05) is 24.9 Å². The van der Waals surface area contributed by atoms with Gasteiger partial charge < -0.3 is 20.1 Å². The first-order chi connectivity index (χ1) is 13.2. The Hall–Kier alpha value is -3.61.